The van der Waals surface area contributed by atoms with Crippen LogP contribution in [0.1, 0.15) is 91.7 Å². The normalized spacial score (nSPS) is 23.4. The lowest BCUT2D eigenvalue weighted by atomic mass is 9.63. The monoisotopic (exact) mass is 534 g/mol. The molecule has 3 heterocycles. The molecule has 1 aliphatic carbocycles. The van der Waals surface area contributed by atoms with E-state index in [1.807, 2.05) is 20.8 Å². The lowest BCUT2D eigenvalue weighted by molar-refractivity contribution is 0.0504. The first-order valence-electron chi connectivity index (χ1n) is 14.6. The molecule has 39 heavy (non-hydrogen) atoms. The highest BCUT2D eigenvalue weighted by molar-refractivity contribution is 5.68. The smallest absolute Gasteiger partial charge is 0.407 e. The molecule has 3 aliphatic rings. The van der Waals surface area contributed by atoms with Gasteiger partial charge in [0.05, 0.1) is 0 Å². The van der Waals surface area contributed by atoms with E-state index in [4.69, 9.17) is 9.72 Å². The molecule has 2 saturated heterocycles. The second-order valence-electron chi connectivity index (χ2n) is 14.0. The number of benzene rings is 1. The Balaban J connectivity index is 1.21. The van der Waals surface area contributed by atoms with Crippen LogP contribution in [0.5, 0.6) is 0 Å². The number of hydrogen-bond acceptors (Lipinski definition) is 7. The number of piperidine rings is 1. The van der Waals surface area contributed by atoms with Crippen molar-refractivity contribution in [2.45, 2.75) is 109 Å². The molecule has 5 rings (SSSR count). The maximum absolute atomic E-state index is 12.2. The van der Waals surface area contributed by atoms with Crippen LogP contribution in [0, 0.1) is 0 Å². The molecule has 2 fully saturated rings. The summed E-state index contributed by atoms with van der Waals surface area (Å²) in [5, 5.41) is 3.05. The number of fused-ring (bicyclic) bond motifs is 1. The van der Waals surface area contributed by atoms with Crippen LogP contribution in [0.4, 0.5) is 10.7 Å². The number of rotatable bonds is 4. The zero-order chi connectivity index (χ0) is 28.0. The number of alkyl carbamates (subject to hydrolysis) is 1. The summed E-state index contributed by atoms with van der Waals surface area (Å²) in [6.07, 6.45) is 6.81. The standard InChI is InChI=1S/C31H46N6O2/c1-29(2,3)39-28(38)34-22-10-15-37(19-22)23-11-16-36(17-12-23)27-33-20-32-26(35-27)21-8-9-24-25(18-21)31(6,7)14-13-30(24,4)5/h8-9,18,20,22-23H,10-17,19H2,1-7H3,(H,34,38). The van der Waals surface area contributed by atoms with Gasteiger partial charge in [0.25, 0.3) is 0 Å². The van der Waals surface area contributed by atoms with Crippen molar-refractivity contribution < 1.29 is 9.53 Å². The highest BCUT2D eigenvalue weighted by Gasteiger charge is 2.37. The van der Waals surface area contributed by atoms with Crippen LogP contribution in [0.2, 0.25) is 0 Å². The number of aromatic nitrogens is 3. The van der Waals surface area contributed by atoms with Gasteiger partial charge in [-0.1, -0.05) is 39.8 Å². The number of anilines is 1. The van der Waals surface area contributed by atoms with Crippen molar-refractivity contribution in [3.8, 4) is 11.4 Å². The van der Waals surface area contributed by atoms with Gasteiger partial charge in [0.15, 0.2) is 5.82 Å². The van der Waals surface area contributed by atoms with Gasteiger partial charge in [-0.15, -0.1) is 0 Å². The fraction of sp³-hybridized carbons (Fsp3) is 0.677. The molecule has 8 heteroatoms. The molecule has 0 radical (unpaired) electrons. The van der Waals surface area contributed by atoms with Gasteiger partial charge in [-0.3, -0.25) is 4.90 Å². The van der Waals surface area contributed by atoms with Crippen molar-refractivity contribution in [2.24, 2.45) is 0 Å². The van der Waals surface area contributed by atoms with Crippen molar-refractivity contribution >= 4 is 12.0 Å². The number of likely N-dealkylation sites (tertiary alicyclic amines) is 1. The fourth-order valence-electron chi connectivity index (χ4n) is 6.45. The summed E-state index contributed by atoms with van der Waals surface area (Å²) in [6.45, 7) is 18.8. The molecular formula is C31H46N6O2. The summed E-state index contributed by atoms with van der Waals surface area (Å²) >= 11 is 0. The third-order valence-electron chi connectivity index (χ3n) is 8.87. The molecule has 0 saturated carbocycles. The zero-order valence-corrected chi connectivity index (χ0v) is 24.9. The predicted molar refractivity (Wildman–Crippen MR) is 155 cm³/mol. The fourth-order valence-corrected chi connectivity index (χ4v) is 6.45. The van der Waals surface area contributed by atoms with E-state index in [2.05, 4.69) is 71.0 Å². The van der Waals surface area contributed by atoms with E-state index in [0.29, 0.717) is 6.04 Å². The Morgan fingerprint density at radius 2 is 1.67 bits per heavy atom. The summed E-state index contributed by atoms with van der Waals surface area (Å²) in [7, 11) is 0. The number of hydrogen-bond donors (Lipinski definition) is 1. The Morgan fingerprint density at radius 1 is 0.974 bits per heavy atom. The van der Waals surface area contributed by atoms with Crippen molar-refractivity contribution in [3.05, 3.63) is 35.7 Å². The average molecular weight is 535 g/mol. The largest absolute Gasteiger partial charge is 0.444 e. The molecule has 1 aromatic carbocycles. The van der Waals surface area contributed by atoms with Crippen LogP contribution in [0.15, 0.2) is 24.5 Å². The number of amides is 1. The Labute approximate surface area is 234 Å². The van der Waals surface area contributed by atoms with E-state index in [1.165, 1.54) is 24.0 Å². The first kappa shape index (κ1) is 27.8. The zero-order valence-electron chi connectivity index (χ0n) is 24.9. The Hall–Kier alpha value is -2.74. The SMILES string of the molecule is CC(C)(C)OC(=O)NC1CCN(C2CCN(c3ncnc(-c4ccc5c(c4)C(C)(C)CCC5(C)C)n3)CC2)C1. The summed E-state index contributed by atoms with van der Waals surface area (Å²) in [4.78, 5) is 31.0. The quantitative estimate of drug-likeness (QED) is 0.558. The second kappa shape index (κ2) is 10.3. The van der Waals surface area contributed by atoms with Gasteiger partial charge in [-0.05, 0) is 80.9 Å². The summed E-state index contributed by atoms with van der Waals surface area (Å²) in [5.74, 6) is 1.52. The summed E-state index contributed by atoms with van der Waals surface area (Å²) < 4.78 is 5.44. The number of ether oxygens (including phenoxy) is 1. The van der Waals surface area contributed by atoms with E-state index in [1.54, 1.807) is 6.33 Å². The topological polar surface area (TPSA) is 83.5 Å². The molecule has 0 spiro atoms. The Morgan fingerprint density at radius 3 is 2.36 bits per heavy atom. The van der Waals surface area contributed by atoms with Gasteiger partial charge in [-0.2, -0.15) is 4.98 Å². The van der Waals surface area contributed by atoms with Gasteiger partial charge in [-0.25, -0.2) is 14.8 Å². The minimum Gasteiger partial charge on any atom is -0.444 e. The molecular weight excluding hydrogens is 488 g/mol. The van der Waals surface area contributed by atoms with Crippen molar-refractivity contribution in [2.75, 3.05) is 31.1 Å². The first-order valence-corrected chi connectivity index (χ1v) is 14.6. The molecule has 2 aliphatic heterocycles. The highest BCUT2D eigenvalue weighted by Crippen LogP contribution is 2.46. The van der Waals surface area contributed by atoms with Crippen molar-refractivity contribution in [1.82, 2.24) is 25.2 Å². The van der Waals surface area contributed by atoms with Gasteiger partial charge in [0.1, 0.15) is 11.9 Å². The lowest BCUT2D eigenvalue weighted by Gasteiger charge is -2.42. The minimum atomic E-state index is -0.475. The first-order chi connectivity index (χ1) is 18.3. The molecule has 1 N–H and O–H groups in total. The molecule has 0 bridgehead atoms. The van der Waals surface area contributed by atoms with Crippen LogP contribution in [0.3, 0.4) is 0 Å². The minimum absolute atomic E-state index is 0.148. The van der Waals surface area contributed by atoms with Gasteiger partial charge >= 0.3 is 6.09 Å². The van der Waals surface area contributed by atoms with Crippen LogP contribution >= 0.6 is 0 Å². The molecule has 1 amide bonds. The van der Waals surface area contributed by atoms with E-state index in [9.17, 15) is 4.79 Å². The summed E-state index contributed by atoms with van der Waals surface area (Å²) in [6, 6.07) is 7.45. The third-order valence-corrected chi connectivity index (χ3v) is 8.87. The Kier molecular flexibility index (Phi) is 7.38. The maximum Gasteiger partial charge on any atom is 0.407 e. The number of carbonyl (C=O) groups is 1. The van der Waals surface area contributed by atoms with Crippen molar-refractivity contribution in [1.29, 1.82) is 0 Å². The predicted octanol–water partition coefficient (Wildman–Crippen LogP) is 5.46. The van der Waals surface area contributed by atoms with Crippen LogP contribution in [-0.2, 0) is 15.6 Å². The number of nitrogens with one attached hydrogen (secondary N) is 1. The molecule has 1 aromatic heterocycles. The van der Waals surface area contributed by atoms with Crippen LogP contribution in [-0.4, -0.2) is 69.8 Å². The molecule has 1 unspecified atom stereocenters. The third kappa shape index (κ3) is 6.21. The second-order valence-corrected chi connectivity index (χ2v) is 14.0. The highest BCUT2D eigenvalue weighted by atomic mass is 16.6. The lowest BCUT2D eigenvalue weighted by Crippen LogP contribution is -2.46. The van der Waals surface area contributed by atoms with E-state index >= 15 is 0 Å². The average Bonchev–Trinajstić information content (AvgIpc) is 3.34. The Bertz CT molecular complexity index is 1200. The van der Waals surface area contributed by atoms with Gasteiger partial charge in [0.2, 0.25) is 5.95 Å². The number of nitrogens with zero attached hydrogens (tertiary/aromatic N) is 5. The summed E-state index contributed by atoms with van der Waals surface area (Å²) in [5.41, 5.74) is 3.80. The molecule has 2 aromatic rings. The van der Waals surface area contributed by atoms with E-state index in [0.717, 1.165) is 62.8 Å². The molecule has 1 atom stereocenters. The van der Waals surface area contributed by atoms with E-state index < -0.39 is 5.60 Å². The molecule has 212 valence electrons. The van der Waals surface area contributed by atoms with Crippen LogP contribution < -0.4 is 10.2 Å². The van der Waals surface area contributed by atoms with Gasteiger partial charge in [0, 0.05) is 43.8 Å². The van der Waals surface area contributed by atoms with Crippen molar-refractivity contribution in [3.63, 3.8) is 0 Å². The van der Waals surface area contributed by atoms with Gasteiger partial charge < -0.3 is 15.0 Å². The van der Waals surface area contributed by atoms with Crippen LogP contribution in [0.25, 0.3) is 11.4 Å². The molecule has 8 nitrogen and oxygen atoms in total. The van der Waals surface area contributed by atoms with E-state index in [-0.39, 0.29) is 23.0 Å². The maximum atomic E-state index is 12.2. The number of carbonyl (C=O) groups excluding carboxylic acids is 1.